The van der Waals surface area contributed by atoms with Crippen LogP contribution in [-0.4, -0.2) is 16.9 Å². The Balaban J connectivity index is 1.58. The van der Waals surface area contributed by atoms with Gasteiger partial charge in [0.15, 0.2) is 0 Å². The first-order valence-electron chi connectivity index (χ1n) is 10.0. The smallest absolute Gasteiger partial charge is 0.263 e. The van der Waals surface area contributed by atoms with Gasteiger partial charge in [-0.05, 0) is 67.2 Å². The predicted molar refractivity (Wildman–Crippen MR) is 117 cm³/mol. The molecule has 4 heterocycles. The highest BCUT2D eigenvalue weighted by molar-refractivity contribution is 7.21. The molecule has 0 unspecified atom stereocenters. The fourth-order valence-electron chi connectivity index (χ4n) is 4.10. The van der Waals surface area contributed by atoms with E-state index in [2.05, 4.69) is 5.32 Å². The van der Waals surface area contributed by atoms with Crippen LogP contribution < -0.4 is 11.1 Å². The molecule has 1 fully saturated rings. The fraction of sp³-hybridized carbons (Fsp3) is 0.217. The zero-order valence-corrected chi connectivity index (χ0v) is 16.9. The Morgan fingerprint density at radius 2 is 2.03 bits per heavy atom. The molecule has 4 aromatic heterocycles. The van der Waals surface area contributed by atoms with Gasteiger partial charge < -0.3 is 19.9 Å². The van der Waals surface area contributed by atoms with Gasteiger partial charge in [0.1, 0.15) is 21.2 Å². The lowest BCUT2D eigenvalue weighted by atomic mass is 10.0. The highest BCUT2D eigenvalue weighted by Crippen LogP contribution is 2.47. The standard InChI is InChI=1S/C23H19N3O3S/c24-19-18-17(16-4-2-10-29-16)15-8-5-12(11-14-3-1-9-28-14)20(15)26-23(18)30-21(19)22(27)25-13-6-7-13/h1-4,9-11,13H,5-8,24H2,(H,25,27)/b12-11+. The normalized spacial score (nSPS) is 17.0. The lowest BCUT2D eigenvalue weighted by molar-refractivity contribution is 0.0956. The second-order valence-corrected chi connectivity index (χ2v) is 8.75. The molecule has 3 N–H and O–H groups in total. The Morgan fingerprint density at radius 3 is 2.77 bits per heavy atom. The van der Waals surface area contributed by atoms with Crippen LogP contribution in [0.1, 0.15) is 46.0 Å². The summed E-state index contributed by atoms with van der Waals surface area (Å²) < 4.78 is 11.3. The molecule has 0 bridgehead atoms. The fourth-order valence-corrected chi connectivity index (χ4v) is 5.11. The first-order valence-corrected chi connectivity index (χ1v) is 10.8. The highest BCUT2D eigenvalue weighted by atomic mass is 32.1. The third-order valence-corrected chi connectivity index (χ3v) is 6.77. The Labute approximate surface area is 176 Å². The number of thiophene rings is 1. The van der Waals surface area contributed by atoms with Crippen LogP contribution in [0.3, 0.4) is 0 Å². The molecule has 0 radical (unpaired) electrons. The number of anilines is 1. The van der Waals surface area contributed by atoms with Crippen molar-refractivity contribution in [1.29, 1.82) is 0 Å². The van der Waals surface area contributed by atoms with Gasteiger partial charge in [0.2, 0.25) is 0 Å². The number of fused-ring (bicyclic) bond motifs is 2. The third kappa shape index (κ3) is 2.77. The summed E-state index contributed by atoms with van der Waals surface area (Å²) in [6.07, 6.45) is 9.12. The van der Waals surface area contributed by atoms with Crippen LogP contribution in [0.4, 0.5) is 5.69 Å². The molecule has 0 saturated heterocycles. The number of nitrogens with one attached hydrogen (secondary N) is 1. The maximum atomic E-state index is 12.8. The van der Waals surface area contributed by atoms with Crippen LogP contribution in [0.25, 0.3) is 33.2 Å². The minimum Gasteiger partial charge on any atom is -0.465 e. The van der Waals surface area contributed by atoms with Gasteiger partial charge in [-0.15, -0.1) is 11.3 Å². The van der Waals surface area contributed by atoms with Crippen molar-refractivity contribution < 1.29 is 13.6 Å². The molecule has 0 aromatic carbocycles. The van der Waals surface area contributed by atoms with Crippen LogP contribution in [0.15, 0.2) is 45.6 Å². The quantitative estimate of drug-likeness (QED) is 0.481. The van der Waals surface area contributed by atoms with Crippen LogP contribution >= 0.6 is 11.3 Å². The third-order valence-electron chi connectivity index (χ3n) is 5.67. The average molecular weight is 417 g/mol. The zero-order valence-electron chi connectivity index (χ0n) is 16.1. The number of hydrogen-bond donors (Lipinski definition) is 2. The van der Waals surface area contributed by atoms with Crippen LogP contribution in [-0.2, 0) is 6.42 Å². The summed E-state index contributed by atoms with van der Waals surface area (Å²) in [7, 11) is 0. The number of carbonyl (C=O) groups excluding carboxylic acids is 1. The van der Waals surface area contributed by atoms with Crippen molar-refractivity contribution in [2.24, 2.45) is 0 Å². The number of allylic oxidation sites excluding steroid dienone is 1. The first-order chi connectivity index (χ1) is 14.7. The molecule has 1 saturated carbocycles. The summed E-state index contributed by atoms with van der Waals surface area (Å²) in [5.74, 6) is 1.43. The second kappa shape index (κ2) is 6.60. The topological polar surface area (TPSA) is 94.3 Å². The van der Waals surface area contributed by atoms with Crippen molar-refractivity contribution in [3.8, 4) is 11.3 Å². The molecule has 0 spiro atoms. The van der Waals surface area contributed by atoms with E-state index >= 15 is 0 Å². The van der Waals surface area contributed by atoms with Crippen molar-refractivity contribution >= 4 is 44.8 Å². The van der Waals surface area contributed by atoms with Crippen molar-refractivity contribution in [2.45, 2.75) is 31.7 Å². The number of rotatable bonds is 4. The first kappa shape index (κ1) is 17.5. The summed E-state index contributed by atoms with van der Waals surface area (Å²) in [6, 6.07) is 7.88. The Bertz CT molecular complexity index is 1300. The van der Waals surface area contributed by atoms with Gasteiger partial charge in [-0.25, -0.2) is 4.98 Å². The molecule has 2 aliphatic carbocycles. The Morgan fingerprint density at radius 1 is 1.20 bits per heavy atom. The van der Waals surface area contributed by atoms with Crippen molar-refractivity contribution in [1.82, 2.24) is 10.3 Å². The summed E-state index contributed by atoms with van der Waals surface area (Å²) in [4.78, 5) is 19.0. The molecule has 6 nitrogen and oxygen atoms in total. The van der Waals surface area contributed by atoms with E-state index in [0.717, 1.165) is 69.8 Å². The number of hydrogen-bond acceptors (Lipinski definition) is 6. The summed E-state index contributed by atoms with van der Waals surface area (Å²) in [6.45, 7) is 0. The van der Waals surface area contributed by atoms with Crippen LogP contribution in [0.2, 0.25) is 0 Å². The molecular weight excluding hydrogens is 398 g/mol. The second-order valence-electron chi connectivity index (χ2n) is 7.75. The van der Waals surface area contributed by atoms with E-state index in [1.54, 1.807) is 12.5 Å². The predicted octanol–water partition coefficient (Wildman–Crippen LogP) is 5.11. The molecule has 1 amide bonds. The van der Waals surface area contributed by atoms with Crippen LogP contribution in [0.5, 0.6) is 0 Å². The monoisotopic (exact) mass is 417 g/mol. The molecule has 2 aliphatic rings. The molecule has 7 heteroatoms. The van der Waals surface area contributed by atoms with Crippen molar-refractivity contribution in [2.75, 3.05) is 5.73 Å². The Kier molecular flexibility index (Phi) is 3.86. The van der Waals surface area contributed by atoms with Gasteiger partial charge in [-0.3, -0.25) is 4.79 Å². The van der Waals surface area contributed by atoms with Gasteiger partial charge in [-0.2, -0.15) is 0 Å². The summed E-state index contributed by atoms with van der Waals surface area (Å²) in [5, 5.41) is 3.85. The minimum absolute atomic E-state index is 0.116. The molecule has 0 aliphatic heterocycles. The average Bonchev–Trinajstić information content (AvgIpc) is 3.21. The van der Waals surface area contributed by atoms with Crippen molar-refractivity contribution in [3.05, 3.63) is 58.7 Å². The SMILES string of the molecule is Nc1c(C(=O)NC2CC2)sc2nc3c(c(-c4ccco4)c12)CC/C3=C\c1ccco1. The van der Waals surface area contributed by atoms with Crippen LogP contribution in [0, 0.1) is 0 Å². The number of furan rings is 2. The Hall–Kier alpha value is -3.32. The molecule has 150 valence electrons. The maximum absolute atomic E-state index is 12.8. The number of pyridine rings is 1. The zero-order chi connectivity index (χ0) is 20.2. The van der Waals surface area contributed by atoms with E-state index < -0.39 is 0 Å². The van der Waals surface area contributed by atoms with Crippen molar-refractivity contribution in [3.63, 3.8) is 0 Å². The lowest BCUT2D eigenvalue weighted by Crippen LogP contribution is -2.25. The number of carbonyl (C=O) groups is 1. The van der Waals surface area contributed by atoms with E-state index in [4.69, 9.17) is 19.6 Å². The molecule has 4 aromatic rings. The largest absolute Gasteiger partial charge is 0.465 e. The van der Waals surface area contributed by atoms with Gasteiger partial charge in [-0.1, -0.05) is 0 Å². The van der Waals surface area contributed by atoms with Gasteiger partial charge in [0, 0.05) is 17.0 Å². The minimum atomic E-state index is -0.116. The number of amides is 1. The summed E-state index contributed by atoms with van der Waals surface area (Å²) >= 11 is 1.35. The maximum Gasteiger partial charge on any atom is 0.263 e. The molecular formula is C23H19N3O3S. The van der Waals surface area contributed by atoms with E-state index in [0.29, 0.717) is 10.6 Å². The number of nitrogens with two attached hydrogens (primary N) is 1. The van der Waals surface area contributed by atoms with E-state index in [1.807, 2.05) is 30.3 Å². The van der Waals surface area contributed by atoms with Gasteiger partial charge in [0.05, 0.1) is 23.9 Å². The molecule has 30 heavy (non-hydrogen) atoms. The number of nitrogen functional groups attached to an aromatic ring is 1. The summed E-state index contributed by atoms with van der Waals surface area (Å²) in [5.41, 5.74) is 11.1. The highest BCUT2D eigenvalue weighted by Gasteiger charge is 2.31. The lowest BCUT2D eigenvalue weighted by Gasteiger charge is -2.09. The molecule has 0 atom stereocenters. The van der Waals surface area contributed by atoms with Gasteiger partial charge in [0.25, 0.3) is 5.91 Å². The van der Waals surface area contributed by atoms with E-state index in [1.165, 1.54) is 11.3 Å². The molecule has 6 rings (SSSR count). The van der Waals surface area contributed by atoms with Gasteiger partial charge >= 0.3 is 0 Å². The number of nitrogens with zero attached hydrogens (tertiary/aromatic N) is 1. The van der Waals surface area contributed by atoms with E-state index in [-0.39, 0.29) is 11.9 Å². The number of aromatic nitrogens is 1. The van der Waals surface area contributed by atoms with E-state index in [9.17, 15) is 4.79 Å².